The number of hydrogen-bond donors (Lipinski definition) is 0. The average molecular weight is 361 g/mol. The van der Waals surface area contributed by atoms with Crippen LogP contribution in [0.15, 0.2) is 24.4 Å². The van der Waals surface area contributed by atoms with Crippen LogP contribution >= 0.6 is 11.6 Å². The maximum Gasteiger partial charge on any atom is 0.278 e. The second kappa shape index (κ2) is 6.59. The van der Waals surface area contributed by atoms with Crippen LogP contribution < -0.4 is 9.80 Å². The Balaban J connectivity index is 1.69. The molecular formula is C18H18ClFN4O. The van der Waals surface area contributed by atoms with Crippen molar-refractivity contribution in [3.8, 4) is 0 Å². The molecular weight excluding hydrogens is 343 g/mol. The lowest BCUT2D eigenvalue weighted by atomic mass is 10.0. The van der Waals surface area contributed by atoms with E-state index in [1.165, 1.54) is 18.3 Å². The molecule has 0 spiro atoms. The largest absolute Gasteiger partial charge is 0.341 e. The van der Waals surface area contributed by atoms with Crippen molar-refractivity contribution in [1.29, 1.82) is 0 Å². The topological polar surface area (TPSA) is 49.3 Å². The van der Waals surface area contributed by atoms with Gasteiger partial charge in [0.25, 0.3) is 5.91 Å². The SMILES string of the molecule is O=C(c1nc(N2CCCC2)ncc1Cl)N1CCCc2cc(F)ccc21. The molecule has 0 saturated carbocycles. The first-order valence-electron chi connectivity index (χ1n) is 8.51. The molecule has 0 radical (unpaired) electrons. The van der Waals surface area contributed by atoms with Gasteiger partial charge in [-0.05, 0) is 49.4 Å². The van der Waals surface area contributed by atoms with Crippen LogP contribution in [0, 0.1) is 5.82 Å². The highest BCUT2D eigenvalue weighted by atomic mass is 35.5. The van der Waals surface area contributed by atoms with E-state index in [2.05, 4.69) is 14.9 Å². The number of hydrogen-bond acceptors (Lipinski definition) is 4. The molecule has 0 atom stereocenters. The van der Waals surface area contributed by atoms with Crippen LogP contribution in [0.1, 0.15) is 35.3 Å². The first kappa shape index (κ1) is 16.3. The molecule has 130 valence electrons. The smallest absolute Gasteiger partial charge is 0.278 e. The summed E-state index contributed by atoms with van der Waals surface area (Å²) >= 11 is 6.22. The highest BCUT2D eigenvalue weighted by Crippen LogP contribution is 2.30. The highest BCUT2D eigenvalue weighted by Gasteiger charge is 2.27. The fourth-order valence-electron chi connectivity index (χ4n) is 3.48. The van der Waals surface area contributed by atoms with Gasteiger partial charge in [-0.25, -0.2) is 14.4 Å². The first-order valence-corrected chi connectivity index (χ1v) is 8.89. The van der Waals surface area contributed by atoms with Crippen LogP contribution in [0.4, 0.5) is 16.0 Å². The summed E-state index contributed by atoms with van der Waals surface area (Å²) < 4.78 is 13.5. The predicted molar refractivity (Wildman–Crippen MR) is 94.9 cm³/mol. The lowest BCUT2D eigenvalue weighted by Crippen LogP contribution is -2.36. The highest BCUT2D eigenvalue weighted by molar-refractivity contribution is 6.34. The lowest BCUT2D eigenvalue weighted by Gasteiger charge is -2.29. The third-order valence-electron chi connectivity index (χ3n) is 4.73. The summed E-state index contributed by atoms with van der Waals surface area (Å²) in [6.07, 6.45) is 5.23. The molecule has 0 bridgehead atoms. The molecule has 0 aliphatic carbocycles. The molecule has 2 aliphatic heterocycles. The molecule has 1 aromatic carbocycles. The second-order valence-electron chi connectivity index (χ2n) is 6.39. The Morgan fingerprint density at radius 3 is 2.76 bits per heavy atom. The number of aryl methyl sites for hydroxylation is 1. The van der Waals surface area contributed by atoms with Gasteiger partial charge in [0.05, 0.1) is 11.2 Å². The van der Waals surface area contributed by atoms with E-state index in [1.807, 2.05) is 0 Å². The zero-order chi connectivity index (χ0) is 17.4. The number of anilines is 2. The van der Waals surface area contributed by atoms with Gasteiger partial charge in [-0.2, -0.15) is 0 Å². The molecule has 25 heavy (non-hydrogen) atoms. The molecule has 1 aromatic heterocycles. The van der Waals surface area contributed by atoms with Crippen molar-refractivity contribution >= 4 is 29.1 Å². The van der Waals surface area contributed by atoms with Gasteiger partial charge in [-0.3, -0.25) is 4.79 Å². The molecule has 1 fully saturated rings. The minimum atomic E-state index is -0.288. The zero-order valence-corrected chi connectivity index (χ0v) is 14.5. The van der Waals surface area contributed by atoms with Crippen LogP contribution in [0.3, 0.4) is 0 Å². The third kappa shape index (κ3) is 3.06. The lowest BCUT2D eigenvalue weighted by molar-refractivity contribution is 0.0980. The van der Waals surface area contributed by atoms with Crippen molar-refractivity contribution < 1.29 is 9.18 Å². The van der Waals surface area contributed by atoms with Gasteiger partial charge < -0.3 is 9.80 Å². The maximum atomic E-state index is 13.5. The number of carbonyl (C=O) groups excluding carboxylic acids is 1. The van der Waals surface area contributed by atoms with E-state index >= 15 is 0 Å². The Morgan fingerprint density at radius 2 is 1.96 bits per heavy atom. The number of carbonyl (C=O) groups is 1. The predicted octanol–water partition coefficient (Wildman–Crippen LogP) is 3.46. The molecule has 5 nitrogen and oxygen atoms in total. The van der Waals surface area contributed by atoms with Gasteiger partial charge in [-0.1, -0.05) is 11.6 Å². The number of amides is 1. The van der Waals surface area contributed by atoms with Gasteiger partial charge in [0.2, 0.25) is 5.95 Å². The van der Waals surface area contributed by atoms with Crippen LogP contribution in [0.5, 0.6) is 0 Å². The maximum absolute atomic E-state index is 13.5. The van der Waals surface area contributed by atoms with Gasteiger partial charge in [-0.15, -0.1) is 0 Å². The van der Waals surface area contributed by atoms with E-state index in [1.54, 1.807) is 11.0 Å². The van der Waals surface area contributed by atoms with Crippen molar-refractivity contribution in [3.05, 3.63) is 46.5 Å². The second-order valence-corrected chi connectivity index (χ2v) is 6.80. The summed E-state index contributed by atoms with van der Waals surface area (Å²) in [5, 5.41) is 0.238. The fraction of sp³-hybridized carbons (Fsp3) is 0.389. The van der Waals surface area contributed by atoms with Crippen LogP contribution in [-0.2, 0) is 6.42 Å². The van der Waals surface area contributed by atoms with Crippen molar-refractivity contribution in [2.45, 2.75) is 25.7 Å². The van der Waals surface area contributed by atoms with Gasteiger partial charge in [0.15, 0.2) is 5.69 Å². The van der Waals surface area contributed by atoms with Crippen LogP contribution in [-0.4, -0.2) is 35.5 Å². The van der Waals surface area contributed by atoms with Gasteiger partial charge in [0, 0.05) is 25.3 Å². The molecule has 4 rings (SSSR count). The Labute approximate surface area is 150 Å². The number of aromatic nitrogens is 2. The standard InChI is InChI=1S/C18H18ClFN4O/c19-14-11-21-18(23-7-1-2-8-23)22-16(14)17(25)24-9-3-4-12-10-13(20)5-6-15(12)24/h5-6,10-11H,1-4,7-9H2. The van der Waals surface area contributed by atoms with E-state index in [9.17, 15) is 9.18 Å². The van der Waals surface area contributed by atoms with Crippen LogP contribution in [0.25, 0.3) is 0 Å². The van der Waals surface area contributed by atoms with E-state index < -0.39 is 0 Å². The number of halogens is 2. The Kier molecular flexibility index (Phi) is 4.29. The molecule has 0 unspecified atom stereocenters. The molecule has 7 heteroatoms. The van der Waals surface area contributed by atoms with E-state index in [4.69, 9.17) is 11.6 Å². The number of benzene rings is 1. The van der Waals surface area contributed by atoms with Crippen molar-refractivity contribution in [2.24, 2.45) is 0 Å². The molecule has 1 amide bonds. The molecule has 3 heterocycles. The monoisotopic (exact) mass is 360 g/mol. The Hall–Kier alpha value is -2.21. The molecule has 2 aromatic rings. The van der Waals surface area contributed by atoms with E-state index in [0.717, 1.165) is 50.0 Å². The van der Waals surface area contributed by atoms with E-state index in [0.29, 0.717) is 12.5 Å². The Bertz CT molecular complexity index is 823. The average Bonchev–Trinajstić information content (AvgIpc) is 3.15. The normalized spacial score (nSPS) is 16.9. The summed E-state index contributed by atoms with van der Waals surface area (Å²) in [5.74, 6) is -0.00793. The van der Waals surface area contributed by atoms with Crippen LogP contribution in [0.2, 0.25) is 5.02 Å². The summed E-state index contributed by atoms with van der Waals surface area (Å²) in [4.78, 5) is 25.5. The summed E-state index contributed by atoms with van der Waals surface area (Å²) in [5.41, 5.74) is 1.77. The van der Waals surface area contributed by atoms with Crippen molar-refractivity contribution in [3.63, 3.8) is 0 Å². The van der Waals surface area contributed by atoms with E-state index in [-0.39, 0.29) is 22.4 Å². The quantitative estimate of drug-likeness (QED) is 0.823. The number of fused-ring (bicyclic) bond motifs is 1. The van der Waals surface area contributed by atoms with Crippen molar-refractivity contribution in [2.75, 3.05) is 29.4 Å². The van der Waals surface area contributed by atoms with Crippen molar-refractivity contribution in [1.82, 2.24) is 9.97 Å². The first-order chi connectivity index (χ1) is 12.1. The van der Waals surface area contributed by atoms with Gasteiger partial charge in [0.1, 0.15) is 5.82 Å². The third-order valence-corrected chi connectivity index (χ3v) is 5.00. The Morgan fingerprint density at radius 1 is 1.16 bits per heavy atom. The summed E-state index contributed by atoms with van der Waals surface area (Å²) in [7, 11) is 0. The minimum absolute atomic E-state index is 0.204. The summed E-state index contributed by atoms with van der Waals surface area (Å²) in [6.45, 7) is 2.35. The minimum Gasteiger partial charge on any atom is -0.341 e. The molecule has 0 N–H and O–H groups in total. The number of nitrogens with zero attached hydrogens (tertiary/aromatic N) is 4. The summed E-state index contributed by atoms with van der Waals surface area (Å²) in [6, 6.07) is 4.52. The number of rotatable bonds is 2. The molecule has 2 aliphatic rings. The fourth-order valence-corrected chi connectivity index (χ4v) is 3.65. The molecule has 1 saturated heterocycles. The zero-order valence-electron chi connectivity index (χ0n) is 13.7. The van der Waals surface area contributed by atoms with Gasteiger partial charge >= 0.3 is 0 Å².